The van der Waals surface area contributed by atoms with E-state index < -0.39 is 0 Å². The third kappa shape index (κ3) is 4.40. The molecule has 0 fully saturated rings. The van der Waals surface area contributed by atoms with Crippen LogP contribution in [0.1, 0.15) is 36.8 Å². The lowest BCUT2D eigenvalue weighted by atomic mass is 9.92. The van der Waals surface area contributed by atoms with Gasteiger partial charge in [0.05, 0.1) is 0 Å². The van der Waals surface area contributed by atoms with Gasteiger partial charge in [0, 0.05) is 0 Å². The molecule has 0 aliphatic heterocycles. The summed E-state index contributed by atoms with van der Waals surface area (Å²) in [7, 11) is 0. The molecular weight excluding hydrogens is 228 g/mol. The zero-order valence-corrected chi connectivity index (χ0v) is 11.7. The number of hydrogen-bond donors (Lipinski definition) is 0. The van der Waals surface area contributed by atoms with Gasteiger partial charge < -0.3 is 0 Å². The summed E-state index contributed by atoms with van der Waals surface area (Å²) in [6, 6.07) is 21.3. The number of rotatable bonds is 6. The van der Waals surface area contributed by atoms with Gasteiger partial charge in [-0.3, -0.25) is 0 Å². The van der Waals surface area contributed by atoms with Gasteiger partial charge in [0.15, 0.2) is 0 Å². The van der Waals surface area contributed by atoms with Crippen LogP contribution in [0.25, 0.3) is 0 Å². The molecule has 0 saturated carbocycles. The summed E-state index contributed by atoms with van der Waals surface area (Å²) >= 11 is 0. The second-order valence-electron chi connectivity index (χ2n) is 5.25. The van der Waals surface area contributed by atoms with Gasteiger partial charge in [0.25, 0.3) is 0 Å². The minimum Gasteiger partial charge on any atom is -0.0998 e. The van der Waals surface area contributed by atoms with Crippen LogP contribution in [0.4, 0.5) is 0 Å². The van der Waals surface area contributed by atoms with Crippen LogP contribution in [0.2, 0.25) is 0 Å². The average Bonchev–Trinajstić information content (AvgIpc) is 2.47. The van der Waals surface area contributed by atoms with Gasteiger partial charge >= 0.3 is 0 Å². The van der Waals surface area contributed by atoms with E-state index in [9.17, 15) is 0 Å². The Kier molecular flexibility index (Phi) is 4.97. The summed E-state index contributed by atoms with van der Waals surface area (Å²) in [5, 5.41) is 0. The summed E-state index contributed by atoms with van der Waals surface area (Å²) in [5.41, 5.74) is 4.15. The smallest absolute Gasteiger partial charge is 0.0153 e. The quantitative estimate of drug-likeness (QED) is 0.605. The van der Waals surface area contributed by atoms with Crippen LogP contribution in [-0.4, -0.2) is 0 Å². The van der Waals surface area contributed by atoms with Crippen molar-refractivity contribution in [3.8, 4) is 0 Å². The molecule has 0 nitrogen and oxygen atoms in total. The van der Waals surface area contributed by atoms with E-state index in [4.69, 9.17) is 0 Å². The Morgan fingerprint density at radius 1 is 0.947 bits per heavy atom. The molecule has 2 aromatic rings. The van der Waals surface area contributed by atoms with E-state index in [1.807, 2.05) is 0 Å². The first-order valence-electron chi connectivity index (χ1n) is 7.01. The maximum absolute atomic E-state index is 4.24. The van der Waals surface area contributed by atoms with E-state index in [-0.39, 0.29) is 0 Å². The van der Waals surface area contributed by atoms with E-state index in [1.54, 1.807) is 0 Å². The third-order valence-corrected chi connectivity index (χ3v) is 3.57. The third-order valence-electron chi connectivity index (χ3n) is 3.57. The monoisotopic (exact) mass is 250 g/mol. The van der Waals surface area contributed by atoms with Gasteiger partial charge in [0.1, 0.15) is 0 Å². The standard InChI is InChI=1S/C19H22/c1-16(13-14-18-9-5-3-6-10-18)15-17(2)19-11-7-4-8-12-19/h3-12,17H,1,13-15H2,2H3. The van der Waals surface area contributed by atoms with Crippen molar-refractivity contribution in [3.05, 3.63) is 83.9 Å². The molecule has 1 atom stereocenters. The molecule has 0 aliphatic rings. The first-order chi connectivity index (χ1) is 9.25. The van der Waals surface area contributed by atoms with E-state index in [1.165, 1.54) is 16.7 Å². The Morgan fingerprint density at radius 3 is 2.16 bits per heavy atom. The summed E-state index contributed by atoms with van der Waals surface area (Å²) in [6.07, 6.45) is 3.26. The summed E-state index contributed by atoms with van der Waals surface area (Å²) < 4.78 is 0. The highest BCUT2D eigenvalue weighted by molar-refractivity contribution is 5.21. The molecule has 0 radical (unpaired) electrons. The fourth-order valence-corrected chi connectivity index (χ4v) is 2.40. The van der Waals surface area contributed by atoms with E-state index in [0.29, 0.717) is 5.92 Å². The van der Waals surface area contributed by atoms with Crippen molar-refractivity contribution < 1.29 is 0 Å². The van der Waals surface area contributed by atoms with E-state index in [0.717, 1.165) is 19.3 Å². The highest BCUT2D eigenvalue weighted by Crippen LogP contribution is 2.24. The summed E-state index contributed by atoms with van der Waals surface area (Å²) in [4.78, 5) is 0. The fraction of sp³-hybridized carbons (Fsp3) is 0.263. The van der Waals surface area contributed by atoms with Crippen molar-refractivity contribution >= 4 is 0 Å². The van der Waals surface area contributed by atoms with Crippen LogP contribution in [0, 0.1) is 0 Å². The maximum atomic E-state index is 4.24. The molecule has 2 rings (SSSR count). The SMILES string of the molecule is C=C(CCc1ccccc1)CC(C)c1ccccc1. The van der Waals surface area contributed by atoms with Crippen LogP contribution < -0.4 is 0 Å². The summed E-state index contributed by atoms with van der Waals surface area (Å²) in [6.45, 7) is 6.52. The minimum atomic E-state index is 0.560. The van der Waals surface area contributed by atoms with Gasteiger partial charge in [-0.15, -0.1) is 0 Å². The van der Waals surface area contributed by atoms with E-state index >= 15 is 0 Å². The molecule has 0 bridgehead atoms. The number of hydrogen-bond acceptors (Lipinski definition) is 0. The number of allylic oxidation sites excluding steroid dienone is 1. The Morgan fingerprint density at radius 2 is 1.53 bits per heavy atom. The Hall–Kier alpha value is -1.82. The highest BCUT2D eigenvalue weighted by Gasteiger charge is 2.07. The largest absolute Gasteiger partial charge is 0.0998 e. The molecule has 0 heterocycles. The molecule has 98 valence electrons. The van der Waals surface area contributed by atoms with Gasteiger partial charge in [-0.1, -0.05) is 79.7 Å². The number of aryl methyl sites for hydroxylation is 1. The lowest BCUT2D eigenvalue weighted by Gasteiger charge is -2.13. The fourth-order valence-electron chi connectivity index (χ4n) is 2.40. The predicted molar refractivity (Wildman–Crippen MR) is 83.4 cm³/mol. The second kappa shape index (κ2) is 6.94. The van der Waals surface area contributed by atoms with Gasteiger partial charge in [-0.25, -0.2) is 0 Å². The van der Waals surface area contributed by atoms with Crippen LogP contribution in [0.15, 0.2) is 72.8 Å². The molecule has 0 saturated heterocycles. The molecule has 2 aromatic carbocycles. The average molecular weight is 250 g/mol. The topological polar surface area (TPSA) is 0 Å². The molecule has 19 heavy (non-hydrogen) atoms. The summed E-state index contributed by atoms with van der Waals surface area (Å²) in [5.74, 6) is 0.560. The van der Waals surface area contributed by atoms with Crippen LogP contribution in [0.3, 0.4) is 0 Å². The first kappa shape index (κ1) is 13.6. The molecular formula is C19H22. The predicted octanol–water partition coefficient (Wildman–Crippen LogP) is 5.37. The van der Waals surface area contributed by atoms with Gasteiger partial charge in [-0.05, 0) is 36.3 Å². The molecule has 0 heteroatoms. The van der Waals surface area contributed by atoms with Crippen LogP contribution in [0.5, 0.6) is 0 Å². The van der Waals surface area contributed by atoms with Crippen molar-refractivity contribution in [2.75, 3.05) is 0 Å². The van der Waals surface area contributed by atoms with Crippen molar-refractivity contribution in [2.45, 2.75) is 32.1 Å². The van der Waals surface area contributed by atoms with Crippen LogP contribution >= 0.6 is 0 Å². The molecule has 0 aromatic heterocycles. The molecule has 0 aliphatic carbocycles. The van der Waals surface area contributed by atoms with Crippen molar-refractivity contribution in [1.29, 1.82) is 0 Å². The van der Waals surface area contributed by atoms with E-state index in [2.05, 4.69) is 74.2 Å². The molecule has 0 amide bonds. The first-order valence-corrected chi connectivity index (χ1v) is 7.01. The number of benzene rings is 2. The van der Waals surface area contributed by atoms with Gasteiger partial charge in [0.2, 0.25) is 0 Å². The molecule has 0 spiro atoms. The molecule has 1 unspecified atom stereocenters. The highest BCUT2D eigenvalue weighted by atomic mass is 14.1. The van der Waals surface area contributed by atoms with Crippen LogP contribution in [-0.2, 0) is 6.42 Å². The zero-order valence-electron chi connectivity index (χ0n) is 11.7. The Balaban J connectivity index is 1.82. The lowest BCUT2D eigenvalue weighted by molar-refractivity contribution is 0.720. The second-order valence-corrected chi connectivity index (χ2v) is 5.25. The Labute approximate surface area is 116 Å². The molecule has 0 N–H and O–H groups in total. The zero-order chi connectivity index (χ0) is 13.5. The Bertz CT molecular complexity index is 496. The van der Waals surface area contributed by atoms with Crippen molar-refractivity contribution in [3.63, 3.8) is 0 Å². The van der Waals surface area contributed by atoms with Crippen molar-refractivity contribution in [2.24, 2.45) is 0 Å². The minimum absolute atomic E-state index is 0.560. The van der Waals surface area contributed by atoms with Gasteiger partial charge in [-0.2, -0.15) is 0 Å². The lowest BCUT2D eigenvalue weighted by Crippen LogP contribution is -1.96. The maximum Gasteiger partial charge on any atom is -0.0153 e. The van der Waals surface area contributed by atoms with Crippen molar-refractivity contribution in [1.82, 2.24) is 0 Å². The normalized spacial score (nSPS) is 12.1.